The molecule has 0 spiro atoms. The molecule has 1 heterocycles. The zero-order chi connectivity index (χ0) is 15.5. The highest BCUT2D eigenvalue weighted by Crippen LogP contribution is 2.29. The first-order chi connectivity index (χ1) is 9.89. The van der Waals surface area contributed by atoms with E-state index in [4.69, 9.17) is 11.0 Å². The summed E-state index contributed by atoms with van der Waals surface area (Å²) in [4.78, 5) is 4.09. The highest BCUT2D eigenvalue weighted by molar-refractivity contribution is 5.67. The van der Waals surface area contributed by atoms with Crippen LogP contribution in [0.3, 0.4) is 0 Å². The van der Waals surface area contributed by atoms with Crippen molar-refractivity contribution in [2.45, 2.75) is 12.8 Å². The molecule has 2 aromatic rings. The van der Waals surface area contributed by atoms with E-state index in [-0.39, 0.29) is 12.2 Å². The number of hydrogen-bond acceptors (Lipinski definition) is 4. The lowest BCUT2D eigenvalue weighted by molar-refractivity contribution is -0.274. The highest BCUT2D eigenvalue weighted by Gasteiger charge is 2.31. The van der Waals surface area contributed by atoms with E-state index in [0.29, 0.717) is 22.5 Å². The summed E-state index contributed by atoms with van der Waals surface area (Å²) in [5.41, 5.74) is 7.35. The Balaban J connectivity index is 2.43. The Kier molecular flexibility index (Phi) is 3.98. The van der Waals surface area contributed by atoms with Crippen LogP contribution in [0.25, 0.3) is 11.3 Å². The molecule has 108 valence electrons. The zero-order valence-corrected chi connectivity index (χ0v) is 10.7. The van der Waals surface area contributed by atoms with Crippen LogP contribution in [0.1, 0.15) is 5.56 Å². The first-order valence-corrected chi connectivity index (χ1v) is 5.86. The molecule has 2 rings (SSSR count). The molecule has 0 unspecified atom stereocenters. The zero-order valence-electron chi connectivity index (χ0n) is 10.7. The topological polar surface area (TPSA) is 71.9 Å². The molecule has 4 nitrogen and oxygen atoms in total. The van der Waals surface area contributed by atoms with E-state index in [0.717, 1.165) is 0 Å². The van der Waals surface area contributed by atoms with Crippen LogP contribution in [-0.4, -0.2) is 11.3 Å². The SMILES string of the molecule is N#CCc1cc(N)cnc1-c1cccc(OC(F)(F)F)c1. The Bertz CT molecular complexity index is 693. The quantitative estimate of drug-likeness (QED) is 0.942. The predicted molar refractivity (Wildman–Crippen MR) is 70.1 cm³/mol. The van der Waals surface area contributed by atoms with Gasteiger partial charge in [-0.2, -0.15) is 5.26 Å². The fourth-order valence-electron chi connectivity index (χ4n) is 1.85. The molecule has 0 saturated carbocycles. The van der Waals surface area contributed by atoms with Crippen LogP contribution < -0.4 is 10.5 Å². The predicted octanol–water partition coefficient (Wildman–Crippen LogP) is 3.30. The minimum absolute atomic E-state index is 0.0533. The molecule has 0 fully saturated rings. The lowest BCUT2D eigenvalue weighted by atomic mass is 10.0. The van der Waals surface area contributed by atoms with Gasteiger partial charge in [0.05, 0.1) is 30.1 Å². The normalized spacial score (nSPS) is 11.0. The number of alkyl halides is 3. The number of halogens is 3. The molecule has 2 N–H and O–H groups in total. The van der Waals surface area contributed by atoms with Crippen molar-refractivity contribution < 1.29 is 17.9 Å². The van der Waals surface area contributed by atoms with Crippen LogP contribution in [0.2, 0.25) is 0 Å². The Morgan fingerprint density at radius 2 is 2.05 bits per heavy atom. The molecule has 0 aliphatic rings. The summed E-state index contributed by atoms with van der Waals surface area (Å²) in [6.45, 7) is 0. The van der Waals surface area contributed by atoms with Crippen molar-refractivity contribution in [2.75, 3.05) is 5.73 Å². The summed E-state index contributed by atoms with van der Waals surface area (Å²) in [5, 5.41) is 8.80. The minimum Gasteiger partial charge on any atom is -0.406 e. The number of nitrogens with zero attached hydrogens (tertiary/aromatic N) is 2. The largest absolute Gasteiger partial charge is 0.573 e. The maximum Gasteiger partial charge on any atom is 0.573 e. The van der Waals surface area contributed by atoms with Crippen molar-refractivity contribution in [3.05, 3.63) is 42.1 Å². The van der Waals surface area contributed by atoms with Gasteiger partial charge in [-0.15, -0.1) is 13.2 Å². The van der Waals surface area contributed by atoms with E-state index in [1.165, 1.54) is 24.4 Å². The number of benzene rings is 1. The van der Waals surface area contributed by atoms with Gasteiger partial charge in [0.2, 0.25) is 0 Å². The third-order valence-corrected chi connectivity index (χ3v) is 2.60. The second-order valence-electron chi connectivity index (χ2n) is 4.19. The van der Waals surface area contributed by atoms with E-state index in [9.17, 15) is 13.2 Å². The Labute approximate surface area is 118 Å². The summed E-state index contributed by atoms with van der Waals surface area (Å²) >= 11 is 0. The van der Waals surface area contributed by atoms with E-state index in [2.05, 4.69) is 9.72 Å². The molecule has 0 atom stereocenters. The van der Waals surface area contributed by atoms with E-state index >= 15 is 0 Å². The molecule has 0 saturated heterocycles. The van der Waals surface area contributed by atoms with Crippen molar-refractivity contribution in [1.29, 1.82) is 5.26 Å². The summed E-state index contributed by atoms with van der Waals surface area (Å²) in [6, 6.07) is 8.95. The molecular formula is C14H10F3N3O. The third-order valence-electron chi connectivity index (χ3n) is 2.60. The van der Waals surface area contributed by atoms with Gasteiger partial charge in [-0.3, -0.25) is 4.98 Å². The smallest absolute Gasteiger partial charge is 0.406 e. The van der Waals surface area contributed by atoms with Gasteiger partial charge in [0.25, 0.3) is 0 Å². The number of pyridine rings is 1. The number of aromatic nitrogens is 1. The number of anilines is 1. The molecule has 0 bridgehead atoms. The third kappa shape index (κ3) is 3.86. The average molecular weight is 293 g/mol. The number of nitrogen functional groups attached to an aromatic ring is 1. The first-order valence-electron chi connectivity index (χ1n) is 5.86. The van der Waals surface area contributed by atoms with Gasteiger partial charge >= 0.3 is 6.36 Å². The van der Waals surface area contributed by atoms with Crippen molar-refractivity contribution in [1.82, 2.24) is 4.98 Å². The summed E-state index contributed by atoms with van der Waals surface area (Å²) < 4.78 is 40.6. The molecule has 0 amide bonds. The van der Waals surface area contributed by atoms with E-state index in [1.54, 1.807) is 12.1 Å². The van der Waals surface area contributed by atoms with Gasteiger partial charge in [-0.1, -0.05) is 12.1 Å². The lowest BCUT2D eigenvalue weighted by Gasteiger charge is -2.11. The first kappa shape index (κ1) is 14.7. The van der Waals surface area contributed by atoms with Crippen LogP contribution in [0.5, 0.6) is 5.75 Å². The van der Waals surface area contributed by atoms with Crippen LogP contribution in [-0.2, 0) is 6.42 Å². The maximum absolute atomic E-state index is 12.2. The molecule has 21 heavy (non-hydrogen) atoms. The average Bonchev–Trinajstić information content (AvgIpc) is 2.37. The fourth-order valence-corrected chi connectivity index (χ4v) is 1.85. The Morgan fingerprint density at radius 3 is 2.71 bits per heavy atom. The van der Waals surface area contributed by atoms with E-state index < -0.39 is 6.36 Å². The van der Waals surface area contributed by atoms with Crippen molar-refractivity contribution in [3.63, 3.8) is 0 Å². The fraction of sp³-hybridized carbons (Fsp3) is 0.143. The Morgan fingerprint density at radius 1 is 1.29 bits per heavy atom. The number of rotatable bonds is 3. The molecule has 1 aromatic heterocycles. The molecular weight excluding hydrogens is 283 g/mol. The van der Waals surface area contributed by atoms with Crippen molar-refractivity contribution in [2.24, 2.45) is 0 Å². The standard InChI is InChI=1S/C14H10F3N3O/c15-14(16,17)21-12-3-1-2-9(7-12)13-10(4-5-18)6-11(19)8-20-13/h1-3,6-8H,4,19H2. The lowest BCUT2D eigenvalue weighted by Crippen LogP contribution is -2.17. The van der Waals surface area contributed by atoms with Gasteiger partial charge in [0.15, 0.2) is 0 Å². The summed E-state index contributed by atoms with van der Waals surface area (Å²) in [7, 11) is 0. The van der Waals surface area contributed by atoms with Gasteiger partial charge in [0.1, 0.15) is 5.75 Å². The number of nitrogens with two attached hydrogens (primary N) is 1. The molecule has 0 aliphatic carbocycles. The highest BCUT2D eigenvalue weighted by atomic mass is 19.4. The van der Waals surface area contributed by atoms with E-state index in [1.807, 2.05) is 6.07 Å². The van der Waals surface area contributed by atoms with Crippen LogP contribution in [0, 0.1) is 11.3 Å². The maximum atomic E-state index is 12.2. The number of ether oxygens (including phenoxy) is 1. The van der Waals surface area contributed by atoms with Gasteiger partial charge in [-0.05, 0) is 23.8 Å². The molecule has 7 heteroatoms. The second kappa shape index (κ2) is 5.71. The monoisotopic (exact) mass is 293 g/mol. The second-order valence-corrected chi connectivity index (χ2v) is 4.19. The summed E-state index contributed by atoms with van der Waals surface area (Å²) in [6.07, 6.45) is -3.33. The van der Waals surface area contributed by atoms with Crippen LogP contribution >= 0.6 is 0 Å². The molecule has 0 aliphatic heterocycles. The molecule has 1 aromatic carbocycles. The van der Waals surface area contributed by atoms with Crippen molar-refractivity contribution >= 4 is 5.69 Å². The summed E-state index contributed by atoms with van der Waals surface area (Å²) in [5.74, 6) is -0.346. The van der Waals surface area contributed by atoms with Crippen LogP contribution in [0.4, 0.5) is 18.9 Å². The van der Waals surface area contributed by atoms with Gasteiger partial charge in [-0.25, -0.2) is 0 Å². The number of nitriles is 1. The number of hydrogen-bond donors (Lipinski definition) is 1. The van der Waals surface area contributed by atoms with Gasteiger partial charge < -0.3 is 10.5 Å². The van der Waals surface area contributed by atoms with Crippen LogP contribution in [0.15, 0.2) is 36.5 Å². The minimum atomic E-state index is -4.76. The van der Waals surface area contributed by atoms with Gasteiger partial charge in [0, 0.05) is 5.56 Å². The van der Waals surface area contributed by atoms with Crippen molar-refractivity contribution in [3.8, 4) is 23.1 Å². The Hall–Kier alpha value is -2.75. The molecule has 0 radical (unpaired) electrons.